The molecule has 6 heteroatoms. The number of hydrogen-bond acceptors (Lipinski definition) is 4. The molecule has 0 spiro atoms. The average Bonchev–Trinajstić information content (AvgIpc) is 2.82. The summed E-state index contributed by atoms with van der Waals surface area (Å²) in [5, 5.41) is 0. The molecule has 0 aromatic heterocycles. The number of ether oxygens (including phenoxy) is 2. The average molecular weight is 317 g/mol. The van der Waals surface area contributed by atoms with Crippen LogP contribution in [-0.2, 0) is 9.53 Å². The number of carbonyl (C=O) groups excluding carboxylic acids is 1. The molecule has 0 bridgehead atoms. The van der Waals surface area contributed by atoms with Crippen LogP contribution in [0.2, 0.25) is 0 Å². The second-order valence-electron chi connectivity index (χ2n) is 4.92. The zero-order chi connectivity index (χ0) is 16.4. The molecule has 1 atom stereocenters. The molecule has 0 fully saturated rings. The molecule has 2 N–H and O–H groups in total. The van der Waals surface area contributed by atoms with Gasteiger partial charge in [-0.2, -0.15) is 8.78 Å². The number of hydrogen-bond donors (Lipinski definition) is 1. The number of Topliss-reactive ketones (excluding diaryl/α,β-unsaturated/α-hetero) is 1. The lowest BCUT2D eigenvalue weighted by molar-refractivity contribution is -0.120. The van der Waals surface area contributed by atoms with Gasteiger partial charge in [-0.1, -0.05) is 42.5 Å². The van der Waals surface area contributed by atoms with Crippen molar-refractivity contribution in [2.75, 3.05) is 0 Å². The molecule has 0 amide bonds. The summed E-state index contributed by atoms with van der Waals surface area (Å²) < 4.78 is 34.4. The van der Waals surface area contributed by atoms with E-state index in [-0.39, 0.29) is 23.0 Å². The van der Waals surface area contributed by atoms with E-state index in [0.717, 1.165) is 0 Å². The van der Waals surface area contributed by atoms with E-state index in [4.69, 9.17) is 10.5 Å². The maximum atomic E-state index is 12.6. The first kappa shape index (κ1) is 15.0. The Bertz CT molecular complexity index is 759. The van der Waals surface area contributed by atoms with E-state index in [9.17, 15) is 13.6 Å². The van der Waals surface area contributed by atoms with Crippen molar-refractivity contribution >= 4 is 11.4 Å². The number of alkyl halides is 2. The molecule has 1 aliphatic rings. The molecule has 1 heterocycles. The number of halogens is 2. The SMILES string of the molecule is NC1=C(c2cccc(OC(F)F)c2)C(=O)C(c2ccccc2)O1. The van der Waals surface area contributed by atoms with Crippen molar-refractivity contribution in [2.24, 2.45) is 5.73 Å². The summed E-state index contributed by atoms with van der Waals surface area (Å²) in [6.07, 6.45) is -0.828. The summed E-state index contributed by atoms with van der Waals surface area (Å²) in [6, 6.07) is 14.7. The van der Waals surface area contributed by atoms with E-state index in [1.807, 2.05) is 6.07 Å². The van der Waals surface area contributed by atoms with Crippen LogP contribution in [0.1, 0.15) is 17.2 Å². The zero-order valence-electron chi connectivity index (χ0n) is 11.9. The monoisotopic (exact) mass is 317 g/mol. The summed E-state index contributed by atoms with van der Waals surface area (Å²) in [7, 11) is 0. The van der Waals surface area contributed by atoms with Crippen LogP contribution in [0.4, 0.5) is 8.78 Å². The normalized spacial score (nSPS) is 17.5. The molecule has 1 unspecified atom stereocenters. The van der Waals surface area contributed by atoms with Gasteiger partial charge in [0.05, 0.1) is 5.57 Å². The molecule has 2 aromatic carbocycles. The minimum absolute atomic E-state index is 0.0296. The van der Waals surface area contributed by atoms with Gasteiger partial charge < -0.3 is 15.2 Å². The van der Waals surface area contributed by atoms with Crippen molar-refractivity contribution in [2.45, 2.75) is 12.7 Å². The van der Waals surface area contributed by atoms with Gasteiger partial charge in [0.2, 0.25) is 5.78 Å². The Balaban J connectivity index is 1.91. The van der Waals surface area contributed by atoms with Crippen LogP contribution < -0.4 is 10.5 Å². The Morgan fingerprint density at radius 2 is 1.83 bits per heavy atom. The van der Waals surface area contributed by atoms with Crippen LogP contribution in [0.25, 0.3) is 5.57 Å². The van der Waals surface area contributed by atoms with Crippen molar-refractivity contribution in [1.29, 1.82) is 0 Å². The molecule has 118 valence electrons. The van der Waals surface area contributed by atoms with Crippen molar-refractivity contribution < 1.29 is 23.0 Å². The van der Waals surface area contributed by atoms with E-state index in [1.165, 1.54) is 18.2 Å². The van der Waals surface area contributed by atoms with Gasteiger partial charge in [-0.25, -0.2) is 0 Å². The fourth-order valence-corrected chi connectivity index (χ4v) is 2.45. The highest BCUT2D eigenvalue weighted by Crippen LogP contribution is 2.36. The number of rotatable bonds is 4. The van der Waals surface area contributed by atoms with E-state index in [2.05, 4.69) is 4.74 Å². The lowest BCUT2D eigenvalue weighted by Crippen LogP contribution is -2.09. The largest absolute Gasteiger partial charge is 0.462 e. The summed E-state index contributed by atoms with van der Waals surface area (Å²) in [5.74, 6) is -0.394. The first-order chi connectivity index (χ1) is 11.1. The predicted octanol–water partition coefficient (Wildman–Crippen LogP) is 3.26. The van der Waals surface area contributed by atoms with Crippen LogP contribution in [0.3, 0.4) is 0 Å². The maximum absolute atomic E-state index is 12.6. The Morgan fingerprint density at radius 3 is 2.52 bits per heavy atom. The third kappa shape index (κ3) is 3.01. The summed E-state index contributed by atoms with van der Waals surface area (Å²) in [4.78, 5) is 12.6. The molecule has 0 saturated carbocycles. The number of carbonyl (C=O) groups is 1. The molecule has 23 heavy (non-hydrogen) atoms. The summed E-state index contributed by atoms with van der Waals surface area (Å²) >= 11 is 0. The molecule has 1 aliphatic heterocycles. The molecular formula is C17H13F2NO3. The van der Waals surface area contributed by atoms with Crippen molar-refractivity contribution in [1.82, 2.24) is 0 Å². The number of ketones is 1. The molecule has 0 aliphatic carbocycles. The second-order valence-corrected chi connectivity index (χ2v) is 4.92. The number of benzene rings is 2. The second kappa shape index (κ2) is 6.08. The van der Waals surface area contributed by atoms with Gasteiger partial charge in [0, 0.05) is 5.56 Å². The summed E-state index contributed by atoms with van der Waals surface area (Å²) in [5.41, 5.74) is 7.05. The topological polar surface area (TPSA) is 61.5 Å². The van der Waals surface area contributed by atoms with E-state index >= 15 is 0 Å². The van der Waals surface area contributed by atoms with Crippen molar-refractivity contribution in [3.63, 3.8) is 0 Å². The van der Waals surface area contributed by atoms with Gasteiger partial charge >= 0.3 is 6.61 Å². The quantitative estimate of drug-likeness (QED) is 0.940. The zero-order valence-corrected chi connectivity index (χ0v) is 11.9. The van der Waals surface area contributed by atoms with Gasteiger partial charge in [-0.15, -0.1) is 0 Å². The van der Waals surface area contributed by atoms with Gasteiger partial charge in [0.1, 0.15) is 5.75 Å². The lowest BCUT2D eigenvalue weighted by Gasteiger charge is -2.10. The third-order valence-corrected chi connectivity index (χ3v) is 3.43. The molecule has 4 nitrogen and oxygen atoms in total. The van der Waals surface area contributed by atoms with Crippen molar-refractivity contribution in [3.8, 4) is 5.75 Å². The van der Waals surface area contributed by atoms with Gasteiger partial charge in [-0.05, 0) is 17.7 Å². The predicted molar refractivity (Wildman–Crippen MR) is 79.5 cm³/mol. The maximum Gasteiger partial charge on any atom is 0.387 e. The molecule has 3 rings (SSSR count). The lowest BCUT2D eigenvalue weighted by atomic mass is 9.97. The van der Waals surface area contributed by atoms with E-state index < -0.39 is 12.7 Å². The highest BCUT2D eigenvalue weighted by molar-refractivity contribution is 6.25. The molecular weight excluding hydrogens is 304 g/mol. The fraction of sp³-hybridized carbons (Fsp3) is 0.118. The first-order valence-electron chi connectivity index (χ1n) is 6.87. The number of nitrogens with two attached hydrogens (primary N) is 1. The van der Waals surface area contributed by atoms with Crippen LogP contribution in [0, 0.1) is 0 Å². The Labute approximate surface area is 131 Å². The minimum Gasteiger partial charge on any atom is -0.462 e. The van der Waals surface area contributed by atoms with Crippen LogP contribution in [0.15, 0.2) is 60.5 Å². The van der Waals surface area contributed by atoms with Crippen LogP contribution in [0.5, 0.6) is 5.75 Å². The highest BCUT2D eigenvalue weighted by Gasteiger charge is 2.36. The molecule has 2 aromatic rings. The first-order valence-corrected chi connectivity index (χ1v) is 6.87. The third-order valence-electron chi connectivity index (χ3n) is 3.43. The van der Waals surface area contributed by atoms with Gasteiger partial charge in [0.15, 0.2) is 12.0 Å². The van der Waals surface area contributed by atoms with Crippen LogP contribution >= 0.6 is 0 Å². The Hall–Kier alpha value is -2.89. The summed E-state index contributed by atoms with van der Waals surface area (Å²) in [6.45, 7) is -2.94. The fourth-order valence-electron chi connectivity index (χ4n) is 2.45. The minimum atomic E-state index is -2.94. The standard InChI is InChI=1S/C17H13F2NO3/c18-17(19)22-12-8-4-7-11(9-12)13-14(21)15(23-16(13)20)10-5-2-1-3-6-10/h1-9,15,17H,20H2. The molecule has 0 saturated heterocycles. The van der Waals surface area contributed by atoms with E-state index in [1.54, 1.807) is 30.3 Å². The van der Waals surface area contributed by atoms with Crippen molar-refractivity contribution in [3.05, 3.63) is 71.6 Å². The van der Waals surface area contributed by atoms with Gasteiger partial charge in [0.25, 0.3) is 0 Å². The smallest absolute Gasteiger partial charge is 0.387 e. The van der Waals surface area contributed by atoms with Crippen LogP contribution in [-0.4, -0.2) is 12.4 Å². The highest BCUT2D eigenvalue weighted by atomic mass is 19.3. The molecule has 0 radical (unpaired) electrons. The Kier molecular flexibility index (Phi) is 3.97. The Morgan fingerprint density at radius 1 is 1.09 bits per heavy atom. The van der Waals surface area contributed by atoms with Gasteiger partial charge in [-0.3, -0.25) is 4.79 Å². The van der Waals surface area contributed by atoms with E-state index in [0.29, 0.717) is 11.1 Å².